The number of alkyl halides is 4. The average Bonchev–Trinajstić information content (AvgIpc) is 3.27. The number of rotatable bonds is 7. The predicted octanol–water partition coefficient (Wildman–Crippen LogP) is 5.14. The Bertz CT molecular complexity index is 1990. The molecule has 7 heterocycles. The third kappa shape index (κ3) is 5.10. The van der Waals surface area contributed by atoms with E-state index in [0.29, 0.717) is 51.5 Å². The van der Waals surface area contributed by atoms with Crippen LogP contribution in [0, 0.1) is 12.8 Å². The fourth-order valence-corrected chi connectivity index (χ4v) is 7.88. The van der Waals surface area contributed by atoms with Crippen molar-refractivity contribution in [3.8, 4) is 17.3 Å². The molecule has 3 amide bonds. The molecule has 0 spiro atoms. The fourth-order valence-electron chi connectivity index (χ4n) is 7.88. The number of halogens is 4. The van der Waals surface area contributed by atoms with Gasteiger partial charge in [-0.15, -0.1) is 0 Å². The summed E-state index contributed by atoms with van der Waals surface area (Å²) < 4.78 is 64.7. The summed E-state index contributed by atoms with van der Waals surface area (Å²) in [5.41, 5.74) is 10.8. The number of fused-ring (bicyclic) bond motifs is 4. The van der Waals surface area contributed by atoms with Crippen LogP contribution in [0.4, 0.5) is 22.4 Å². The molecule has 15 heteroatoms. The normalized spacial score (nSPS) is 24.7. The molecule has 4 aromatic rings. The lowest BCUT2D eigenvalue weighted by atomic mass is 9.97. The van der Waals surface area contributed by atoms with E-state index in [9.17, 15) is 27.2 Å². The molecule has 4 fully saturated rings. The second-order valence-electron chi connectivity index (χ2n) is 14.1. The summed E-state index contributed by atoms with van der Waals surface area (Å²) in [7, 11) is 1.56. The van der Waals surface area contributed by atoms with E-state index in [1.54, 1.807) is 32.2 Å². The molecule has 260 valence electrons. The molecule has 3 N–H and O–H groups in total. The van der Waals surface area contributed by atoms with Crippen molar-refractivity contribution in [3.05, 3.63) is 47.3 Å². The van der Waals surface area contributed by atoms with Gasteiger partial charge in [-0.05, 0) is 76.1 Å². The number of amides is 3. The summed E-state index contributed by atoms with van der Waals surface area (Å²) in [4.78, 5) is 38.8. The Kier molecular flexibility index (Phi) is 7.18. The van der Waals surface area contributed by atoms with Crippen LogP contribution in [0.3, 0.4) is 0 Å². The van der Waals surface area contributed by atoms with E-state index >= 15 is 0 Å². The summed E-state index contributed by atoms with van der Waals surface area (Å²) in [6.45, 7) is 1.54. The zero-order valence-corrected chi connectivity index (χ0v) is 27.4. The van der Waals surface area contributed by atoms with Crippen molar-refractivity contribution in [2.24, 2.45) is 11.7 Å². The van der Waals surface area contributed by atoms with Gasteiger partial charge >= 0.3 is 17.9 Å². The molecule has 49 heavy (non-hydrogen) atoms. The third-order valence-electron chi connectivity index (χ3n) is 10.7. The number of likely N-dealkylation sites (tertiary alicyclic amines) is 1. The predicted molar refractivity (Wildman–Crippen MR) is 172 cm³/mol. The number of nitrogens with one attached hydrogen (secondary N) is 1. The molecule has 1 aliphatic carbocycles. The lowest BCUT2D eigenvalue weighted by Gasteiger charge is -2.23. The fraction of sp³-hybridized carbons (Fsp3) is 0.529. The molecule has 2 bridgehead atoms. The van der Waals surface area contributed by atoms with E-state index in [0.717, 1.165) is 48.9 Å². The minimum Gasteiger partial charge on any atom is -0.482 e. The molecule has 0 aromatic carbocycles. The molecule has 4 atom stereocenters. The van der Waals surface area contributed by atoms with Crippen LogP contribution in [0.1, 0.15) is 66.8 Å². The van der Waals surface area contributed by atoms with Gasteiger partial charge in [-0.1, -0.05) is 0 Å². The third-order valence-corrected chi connectivity index (χ3v) is 10.7. The Morgan fingerprint density at radius 1 is 1.06 bits per heavy atom. The number of hydrogen-bond donors (Lipinski definition) is 2. The van der Waals surface area contributed by atoms with Crippen LogP contribution in [-0.2, 0) is 6.54 Å². The van der Waals surface area contributed by atoms with Gasteiger partial charge in [0, 0.05) is 41.7 Å². The summed E-state index contributed by atoms with van der Waals surface area (Å²) in [6, 6.07) is 7.56. The van der Waals surface area contributed by atoms with E-state index in [-0.39, 0.29) is 24.0 Å². The first kappa shape index (κ1) is 31.8. The number of pyridine rings is 2. The number of aryl methyl sites for hydroxylation is 1. The van der Waals surface area contributed by atoms with E-state index in [4.69, 9.17) is 20.4 Å². The number of ether oxygens (including phenoxy) is 1. The van der Waals surface area contributed by atoms with Crippen molar-refractivity contribution in [1.82, 2.24) is 34.1 Å². The summed E-state index contributed by atoms with van der Waals surface area (Å²) in [5, 5.41) is 3.39. The molecule has 4 aliphatic rings. The second-order valence-corrected chi connectivity index (χ2v) is 14.1. The Morgan fingerprint density at radius 3 is 2.43 bits per heavy atom. The van der Waals surface area contributed by atoms with Gasteiger partial charge < -0.3 is 30.2 Å². The van der Waals surface area contributed by atoms with Crippen molar-refractivity contribution < 1.29 is 31.9 Å². The first-order valence-electron chi connectivity index (χ1n) is 16.7. The minimum absolute atomic E-state index is 0.0125. The summed E-state index contributed by atoms with van der Waals surface area (Å²) in [5.74, 6) is -7.71. The maximum absolute atomic E-state index is 13.8. The van der Waals surface area contributed by atoms with E-state index in [2.05, 4.69) is 9.88 Å². The van der Waals surface area contributed by atoms with Gasteiger partial charge in [0.15, 0.2) is 5.88 Å². The lowest BCUT2D eigenvalue weighted by Crippen LogP contribution is -2.41. The van der Waals surface area contributed by atoms with Gasteiger partial charge in [-0.3, -0.25) is 9.20 Å². The van der Waals surface area contributed by atoms with Gasteiger partial charge in [0.1, 0.15) is 17.0 Å². The SMILES string of the molecule is COc1cc(C(=O)N2[C@H]3CC[C@@H]2[C@H](N)C3)cc2nc(-c3cc4ccc([C@@H](C)NC(=O)N5CC(F)(F)C(F)(F)C5)nc4n3CC3CC3)c(C)n12. The standard InChI is InChI=1S/C34H38F4N8O3/c1-17(40-32(48)43-15-33(35,36)34(37,38)16-43)24-8-6-20-10-26(44(30(20)41-24)14-19-4-5-19)29-18(2)45-27(42-29)11-21(12-28(45)49-3)31(47)46-22-7-9-25(46)23(39)13-22/h6,8,10-12,17,19,22-23,25H,4-5,7,9,13-16,39H2,1-3H3,(H,40,48)/t17-,22+,23-,25-/m1/s1. The van der Waals surface area contributed by atoms with Crippen LogP contribution < -0.4 is 15.8 Å². The highest BCUT2D eigenvalue weighted by molar-refractivity contribution is 5.97. The zero-order chi connectivity index (χ0) is 34.6. The van der Waals surface area contributed by atoms with Crippen LogP contribution in [0.5, 0.6) is 5.88 Å². The highest BCUT2D eigenvalue weighted by Gasteiger charge is 2.64. The summed E-state index contributed by atoms with van der Waals surface area (Å²) in [6.07, 6.45) is 4.82. The quantitative estimate of drug-likeness (QED) is 0.261. The first-order chi connectivity index (χ1) is 23.3. The zero-order valence-electron chi connectivity index (χ0n) is 27.4. The second kappa shape index (κ2) is 11.1. The molecular formula is C34H38F4N8O3. The molecule has 0 unspecified atom stereocenters. The smallest absolute Gasteiger partial charge is 0.329 e. The van der Waals surface area contributed by atoms with E-state index < -0.39 is 37.0 Å². The van der Waals surface area contributed by atoms with Crippen molar-refractivity contribution in [2.45, 2.75) is 88.5 Å². The van der Waals surface area contributed by atoms with Crippen molar-refractivity contribution in [1.29, 1.82) is 0 Å². The average molecular weight is 683 g/mol. The number of nitrogens with two attached hydrogens (primary N) is 1. The Balaban J connectivity index is 1.13. The monoisotopic (exact) mass is 682 g/mol. The van der Waals surface area contributed by atoms with Gasteiger partial charge in [0.05, 0.1) is 43.3 Å². The maximum Gasteiger partial charge on any atom is 0.329 e. The number of urea groups is 1. The van der Waals surface area contributed by atoms with Crippen LogP contribution in [0.2, 0.25) is 0 Å². The molecule has 3 aliphatic heterocycles. The molecular weight excluding hydrogens is 644 g/mol. The number of methoxy groups -OCH3 is 1. The van der Waals surface area contributed by atoms with Crippen LogP contribution >= 0.6 is 0 Å². The molecule has 3 saturated heterocycles. The van der Waals surface area contributed by atoms with E-state index in [1.807, 2.05) is 28.4 Å². The van der Waals surface area contributed by atoms with Crippen molar-refractivity contribution >= 4 is 28.6 Å². The number of aromatic nitrogens is 4. The number of carbonyl (C=O) groups is 2. The van der Waals surface area contributed by atoms with Gasteiger partial charge in [-0.25, -0.2) is 14.8 Å². The Morgan fingerprint density at radius 2 is 1.80 bits per heavy atom. The highest BCUT2D eigenvalue weighted by Crippen LogP contribution is 2.42. The van der Waals surface area contributed by atoms with Crippen LogP contribution in [0.25, 0.3) is 28.1 Å². The number of hydrogen-bond acceptors (Lipinski definition) is 6. The molecule has 11 nitrogen and oxygen atoms in total. The summed E-state index contributed by atoms with van der Waals surface area (Å²) >= 11 is 0. The van der Waals surface area contributed by atoms with Gasteiger partial charge in [-0.2, -0.15) is 17.6 Å². The Hall–Kier alpha value is -4.40. The van der Waals surface area contributed by atoms with Gasteiger partial charge in [0.25, 0.3) is 5.91 Å². The number of carbonyl (C=O) groups excluding carboxylic acids is 2. The van der Waals surface area contributed by atoms with Gasteiger partial charge in [0.2, 0.25) is 0 Å². The molecule has 4 aromatic heterocycles. The minimum atomic E-state index is -4.29. The molecule has 8 rings (SSSR count). The maximum atomic E-state index is 13.8. The largest absolute Gasteiger partial charge is 0.482 e. The molecule has 1 saturated carbocycles. The number of imidazole rings is 1. The van der Waals surface area contributed by atoms with Crippen molar-refractivity contribution in [3.63, 3.8) is 0 Å². The van der Waals surface area contributed by atoms with E-state index in [1.165, 1.54) is 0 Å². The van der Waals surface area contributed by atoms with Crippen molar-refractivity contribution in [2.75, 3.05) is 20.2 Å². The first-order valence-corrected chi connectivity index (χ1v) is 16.7. The molecule has 0 radical (unpaired) electrons. The highest BCUT2D eigenvalue weighted by atomic mass is 19.3. The number of nitrogens with zero attached hydrogens (tertiary/aromatic N) is 6. The van der Waals surface area contributed by atoms with Crippen LogP contribution in [-0.4, -0.2) is 90.8 Å². The van der Waals surface area contributed by atoms with Crippen LogP contribution in [0.15, 0.2) is 30.3 Å². The lowest BCUT2D eigenvalue weighted by molar-refractivity contribution is -0.172. The Labute approximate surface area is 279 Å². The topological polar surface area (TPSA) is 123 Å².